The Balaban J connectivity index is 1.77. The Labute approximate surface area is 171 Å². The number of hydrogen-bond acceptors (Lipinski definition) is 10. The molecule has 2 aromatic heterocycles. The van der Waals surface area contributed by atoms with Crippen LogP contribution in [-0.2, 0) is 12.8 Å². The lowest BCUT2D eigenvalue weighted by atomic mass is 9.93. The average molecular weight is 413 g/mol. The van der Waals surface area contributed by atoms with Crippen molar-refractivity contribution < 1.29 is 9.94 Å². The zero-order valence-electron chi connectivity index (χ0n) is 15.8. The van der Waals surface area contributed by atoms with Crippen LogP contribution in [-0.4, -0.2) is 39.3 Å². The Bertz CT molecular complexity index is 1070. The van der Waals surface area contributed by atoms with Gasteiger partial charge in [-0.1, -0.05) is 0 Å². The highest BCUT2D eigenvalue weighted by Gasteiger charge is 2.26. The minimum absolute atomic E-state index is 0.0553. The zero-order chi connectivity index (χ0) is 20.5. The Hall–Kier alpha value is -2.79. The van der Waals surface area contributed by atoms with Crippen LogP contribution >= 0.6 is 11.3 Å². The van der Waals surface area contributed by atoms with Gasteiger partial charge in [0.15, 0.2) is 0 Å². The van der Waals surface area contributed by atoms with E-state index in [2.05, 4.69) is 15.3 Å². The molecule has 0 radical (unpaired) electrons. The molecular weight excluding hydrogens is 392 g/mol. The second kappa shape index (κ2) is 7.91. The summed E-state index contributed by atoms with van der Waals surface area (Å²) in [6.07, 6.45) is 4.40. The van der Waals surface area contributed by atoms with E-state index in [0.717, 1.165) is 20.7 Å². The van der Waals surface area contributed by atoms with E-state index in [-0.39, 0.29) is 5.23 Å². The van der Waals surface area contributed by atoms with Crippen molar-refractivity contribution in [2.24, 2.45) is 0 Å². The molecule has 0 bridgehead atoms. The number of ether oxygens (including phenoxy) is 1. The normalized spacial score (nSPS) is 16.1. The van der Waals surface area contributed by atoms with E-state index < -0.39 is 6.04 Å². The number of thiophene rings is 1. The molecule has 0 saturated carbocycles. The fourth-order valence-corrected chi connectivity index (χ4v) is 4.87. The molecule has 1 aliphatic rings. The van der Waals surface area contributed by atoms with E-state index in [1.54, 1.807) is 12.1 Å². The van der Waals surface area contributed by atoms with E-state index in [9.17, 15) is 10.4 Å². The van der Waals surface area contributed by atoms with Crippen LogP contribution in [0.2, 0.25) is 0 Å². The van der Waals surface area contributed by atoms with E-state index in [1.165, 1.54) is 23.9 Å². The molecule has 3 aromatic rings. The summed E-state index contributed by atoms with van der Waals surface area (Å²) in [6, 6.07) is 3.02. The third kappa shape index (κ3) is 3.62. The van der Waals surface area contributed by atoms with Gasteiger partial charge in [-0.3, -0.25) is 5.23 Å². The van der Waals surface area contributed by atoms with Crippen LogP contribution in [0.4, 0.5) is 17.2 Å². The molecule has 1 atom stereocenters. The first-order valence-corrected chi connectivity index (χ1v) is 10.1. The minimum atomic E-state index is -0.434. The molecule has 0 fully saturated rings. The predicted octanol–water partition coefficient (Wildman–Crippen LogP) is 3.46. The number of aryl methyl sites for hydroxylation is 1. The van der Waals surface area contributed by atoms with Crippen molar-refractivity contribution >= 4 is 45.0 Å². The first-order valence-electron chi connectivity index (χ1n) is 9.26. The average Bonchev–Trinajstić information content (AvgIpc) is 3.08. The number of nitrogen functional groups attached to an aromatic ring is 1. The quantitative estimate of drug-likeness (QED) is 0.273. The Morgan fingerprint density at radius 3 is 3.03 bits per heavy atom. The third-order valence-corrected chi connectivity index (χ3v) is 6.19. The maximum atomic E-state index is 11.3. The van der Waals surface area contributed by atoms with Gasteiger partial charge in [-0.2, -0.15) is 0 Å². The fraction of sp³-hybridized carbons (Fsp3) is 0.316. The number of hydrogen-bond donors (Lipinski definition) is 4. The molecule has 0 saturated heterocycles. The van der Waals surface area contributed by atoms with Crippen LogP contribution in [0.5, 0.6) is 5.75 Å². The minimum Gasteiger partial charge on any atom is -0.762 e. The summed E-state index contributed by atoms with van der Waals surface area (Å²) in [7, 11) is 0. The number of nitrogens with zero attached hydrogens (tertiary/aromatic N) is 3. The maximum absolute atomic E-state index is 11.3. The molecule has 0 spiro atoms. The van der Waals surface area contributed by atoms with Gasteiger partial charge in [-0.05, 0) is 37.8 Å². The lowest BCUT2D eigenvalue weighted by Gasteiger charge is -2.33. The van der Waals surface area contributed by atoms with Crippen molar-refractivity contribution in [2.75, 3.05) is 17.7 Å². The molecule has 10 heteroatoms. The van der Waals surface area contributed by atoms with E-state index in [4.69, 9.17) is 15.9 Å². The second-order valence-electron chi connectivity index (χ2n) is 6.79. The number of nitrogens with one attached hydrogen (secondary N) is 2. The number of fused-ring (bicyclic) bond motifs is 3. The molecular formula is C19H21N6O3S-. The summed E-state index contributed by atoms with van der Waals surface area (Å²) in [5.41, 5.74) is 8.80. The molecule has 0 amide bonds. The van der Waals surface area contributed by atoms with Crippen LogP contribution in [0.15, 0.2) is 18.5 Å². The predicted molar refractivity (Wildman–Crippen MR) is 113 cm³/mol. The lowest BCUT2D eigenvalue weighted by Crippen LogP contribution is -2.32. The third-order valence-electron chi connectivity index (χ3n) is 5.03. The Morgan fingerprint density at radius 1 is 1.48 bits per heavy atom. The van der Waals surface area contributed by atoms with Gasteiger partial charge in [0.1, 0.15) is 22.7 Å². The number of nitrogens with two attached hydrogens (primary N) is 1. The van der Waals surface area contributed by atoms with Crippen LogP contribution in [0.3, 0.4) is 0 Å². The topological polar surface area (TPSA) is 143 Å². The standard InChI is InChI=1S/C19H21N6O3S/c1-2-28-15-7-13(21)10(8-20)5-14(15)24-18-17-12-4-3-11(25(26)27)6-16(12)29-19(17)23-9-22-18/h5,7-9,11,20,26H,2-4,6,21H2,1H3,(H,22,23,24)/q-1. The number of hydroxylamine groups is 2. The van der Waals surface area contributed by atoms with Gasteiger partial charge >= 0.3 is 0 Å². The van der Waals surface area contributed by atoms with Crippen LogP contribution in [0.1, 0.15) is 29.3 Å². The van der Waals surface area contributed by atoms with Crippen LogP contribution in [0, 0.1) is 10.6 Å². The first kappa shape index (κ1) is 19.5. The summed E-state index contributed by atoms with van der Waals surface area (Å²) in [5.74, 6) is 1.21. The molecule has 1 aliphatic carbocycles. The SMILES string of the molecule is CCOc1cc(N)c(C=N)cc1Nc1ncnc2sc3c(c12)CCC(N([O-])O)C3. The highest BCUT2D eigenvalue weighted by molar-refractivity contribution is 7.19. The van der Waals surface area contributed by atoms with Gasteiger partial charge in [-0.25, -0.2) is 9.97 Å². The highest BCUT2D eigenvalue weighted by Crippen LogP contribution is 2.41. The van der Waals surface area contributed by atoms with Gasteiger partial charge in [0.2, 0.25) is 0 Å². The van der Waals surface area contributed by atoms with Gasteiger partial charge in [-0.15, -0.1) is 11.3 Å². The molecule has 5 N–H and O–H groups in total. The smallest absolute Gasteiger partial charge is 0.144 e. The molecule has 152 valence electrons. The largest absolute Gasteiger partial charge is 0.762 e. The number of aromatic nitrogens is 2. The summed E-state index contributed by atoms with van der Waals surface area (Å²) in [6.45, 7) is 2.36. The Kier molecular flexibility index (Phi) is 5.33. The van der Waals surface area contributed by atoms with Gasteiger partial charge in [0.05, 0.1) is 17.7 Å². The monoisotopic (exact) mass is 413 g/mol. The fourth-order valence-electron chi connectivity index (χ4n) is 3.61. The summed E-state index contributed by atoms with van der Waals surface area (Å²) >= 11 is 1.51. The van der Waals surface area contributed by atoms with Crippen molar-refractivity contribution in [2.45, 2.75) is 32.2 Å². The van der Waals surface area contributed by atoms with Crippen LogP contribution < -0.4 is 15.8 Å². The van der Waals surface area contributed by atoms with Gasteiger partial charge in [0.25, 0.3) is 0 Å². The molecule has 29 heavy (non-hydrogen) atoms. The molecule has 0 aliphatic heterocycles. The summed E-state index contributed by atoms with van der Waals surface area (Å²) < 4.78 is 5.71. The van der Waals surface area contributed by atoms with E-state index in [1.807, 2.05) is 6.92 Å². The number of anilines is 3. The van der Waals surface area contributed by atoms with Crippen LogP contribution in [0.25, 0.3) is 10.2 Å². The highest BCUT2D eigenvalue weighted by atomic mass is 32.1. The molecule has 1 unspecified atom stereocenters. The van der Waals surface area contributed by atoms with Gasteiger partial charge < -0.3 is 31.6 Å². The van der Waals surface area contributed by atoms with Gasteiger partial charge in [0, 0.05) is 34.5 Å². The number of benzene rings is 1. The zero-order valence-corrected chi connectivity index (χ0v) is 16.6. The van der Waals surface area contributed by atoms with Crippen molar-refractivity contribution in [3.8, 4) is 5.75 Å². The van der Waals surface area contributed by atoms with Crippen molar-refractivity contribution in [1.82, 2.24) is 15.2 Å². The lowest BCUT2D eigenvalue weighted by molar-refractivity contribution is -0.0818. The second-order valence-corrected chi connectivity index (χ2v) is 7.87. The van der Waals surface area contributed by atoms with Crippen molar-refractivity contribution in [3.05, 3.63) is 39.7 Å². The first-order chi connectivity index (χ1) is 14.0. The summed E-state index contributed by atoms with van der Waals surface area (Å²) in [4.78, 5) is 10.7. The molecule has 2 heterocycles. The summed E-state index contributed by atoms with van der Waals surface area (Å²) in [5, 5.41) is 32.5. The molecule has 4 rings (SSSR count). The van der Waals surface area contributed by atoms with Crippen molar-refractivity contribution in [1.29, 1.82) is 5.41 Å². The van der Waals surface area contributed by atoms with E-state index >= 15 is 0 Å². The Morgan fingerprint density at radius 2 is 2.31 bits per heavy atom. The number of rotatable bonds is 6. The molecule has 1 aromatic carbocycles. The van der Waals surface area contributed by atoms with E-state index in [0.29, 0.717) is 54.4 Å². The maximum Gasteiger partial charge on any atom is 0.144 e. The van der Waals surface area contributed by atoms with Crippen molar-refractivity contribution in [3.63, 3.8) is 0 Å². The molecule has 9 nitrogen and oxygen atoms in total.